The summed E-state index contributed by atoms with van der Waals surface area (Å²) in [5, 5.41) is 18.3. The predicted molar refractivity (Wildman–Crippen MR) is 87.6 cm³/mol. The number of benzene rings is 1. The summed E-state index contributed by atoms with van der Waals surface area (Å²) in [5.41, 5.74) is 4.94. The van der Waals surface area contributed by atoms with Crippen molar-refractivity contribution in [3.05, 3.63) is 23.8 Å². The average Bonchev–Trinajstić information content (AvgIpc) is 2.46. The molecule has 0 aliphatic heterocycles. The van der Waals surface area contributed by atoms with Crippen LogP contribution in [0.1, 0.15) is 16.8 Å². The molecule has 0 radical (unpaired) electrons. The van der Waals surface area contributed by atoms with E-state index >= 15 is 0 Å². The summed E-state index contributed by atoms with van der Waals surface area (Å²) >= 11 is 0. The largest absolute Gasteiger partial charge is 0.507 e. The molecule has 0 heterocycles. The van der Waals surface area contributed by atoms with Gasteiger partial charge in [-0.15, -0.1) is 0 Å². The highest BCUT2D eigenvalue weighted by Crippen LogP contribution is 2.21. The van der Waals surface area contributed by atoms with E-state index in [2.05, 4.69) is 0 Å². The molecule has 0 aromatic heterocycles. The van der Waals surface area contributed by atoms with E-state index in [9.17, 15) is 18.3 Å². The zero-order chi connectivity index (χ0) is 16.6. The summed E-state index contributed by atoms with van der Waals surface area (Å²) in [4.78, 5) is 10.8. The molecular weight excluding hydrogens is 348 g/mol. The number of primary sulfonamides is 1. The van der Waals surface area contributed by atoms with Crippen molar-refractivity contribution in [3.63, 3.8) is 0 Å². The number of carboxylic acids is 1. The summed E-state index contributed by atoms with van der Waals surface area (Å²) in [6.45, 7) is 0.993. The zero-order valence-corrected chi connectivity index (χ0v) is 14.2. The molecular formula is C12H19N2O5S3+. The maximum atomic E-state index is 12.1. The van der Waals surface area contributed by atoms with Gasteiger partial charge < -0.3 is 15.9 Å². The minimum Gasteiger partial charge on any atom is -0.507 e. The molecule has 0 fully saturated rings. The van der Waals surface area contributed by atoms with Crippen LogP contribution in [0.15, 0.2) is 23.1 Å². The standard InChI is InChI=1S/C12H18N2O5S3/c13-4-1-6-20-21-7-5-14-22(18,19)9-2-3-11(15)10(8-9)12(16)17/h2-3,8,14-15H,1,4-7,13H2,(H,16,17)/p+1. The van der Waals surface area contributed by atoms with E-state index < -0.39 is 27.3 Å². The number of phenols is 1. The lowest BCUT2D eigenvalue weighted by Gasteiger charge is -2.05. The summed E-state index contributed by atoms with van der Waals surface area (Å²) in [6, 6.07) is 3.23. The molecule has 124 valence electrons. The second-order valence-corrected chi connectivity index (χ2v) is 8.87. The van der Waals surface area contributed by atoms with E-state index in [1.807, 2.05) is 0 Å². The van der Waals surface area contributed by atoms with Crippen LogP contribution in [0.2, 0.25) is 0 Å². The first-order chi connectivity index (χ1) is 10.4. The summed E-state index contributed by atoms with van der Waals surface area (Å²) < 4.78 is 25.3. The smallest absolute Gasteiger partial charge is 0.339 e. The number of hydrogen-bond donors (Lipinski definition) is 4. The van der Waals surface area contributed by atoms with Gasteiger partial charge in [0.2, 0.25) is 0 Å². The highest BCUT2D eigenvalue weighted by molar-refractivity contribution is 8.76. The average molecular weight is 367 g/mol. The Labute approximate surface area is 137 Å². The molecule has 1 aromatic carbocycles. The number of quaternary nitrogens is 1. The van der Waals surface area contributed by atoms with Crippen molar-refractivity contribution >= 4 is 37.6 Å². The van der Waals surface area contributed by atoms with Gasteiger partial charge in [-0.3, -0.25) is 0 Å². The van der Waals surface area contributed by atoms with Crippen LogP contribution in [-0.2, 0) is 10.0 Å². The number of carboxylic acid groups (broad SMARTS) is 1. The van der Waals surface area contributed by atoms with E-state index in [1.54, 1.807) is 21.6 Å². The number of nitrogens with two attached hydrogens (primary N) is 2. The van der Waals surface area contributed by atoms with Gasteiger partial charge in [0.15, 0.2) is 0 Å². The minimum atomic E-state index is -3.67. The molecule has 6 N–H and O–H groups in total. The van der Waals surface area contributed by atoms with Crippen LogP contribution in [0.4, 0.5) is 0 Å². The number of rotatable bonds is 10. The monoisotopic (exact) mass is 367 g/mol. The highest BCUT2D eigenvalue weighted by Gasteiger charge is 2.21. The quantitative estimate of drug-likeness (QED) is 0.337. The molecule has 0 aliphatic carbocycles. The van der Waals surface area contributed by atoms with Gasteiger partial charge in [0.1, 0.15) is 16.2 Å². The maximum Gasteiger partial charge on any atom is 0.339 e. The second-order valence-electron chi connectivity index (χ2n) is 4.27. The summed E-state index contributed by atoms with van der Waals surface area (Å²) in [6.07, 6.45) is 0.922. The molecule has 1 rings (SSSR count). The van der Waals surface area contributed by atoms with Crippen LogP contribution in [-0.4, -0.2) is 49.2 Å². The first kappa shape index (κ1) is 19.1. The van der Waals surface area contributed by atoms with Crippen molar-refractivity contribution in [1.82, 2.24) is 0 Å². The molecule has 0 saturated heterocycles. The second kappa shape index (κ2) is 9.26. The summed E-state index contributed by atoms with van der Waals surface area (Å²) in [7, 11) is -0.458. The highest BCUT2D eigenvalue weighted by atomic mass is 33.1. The topological polar surface area (TPSA) is 134 Å². The zero-order valence-electron chi connectivity index (χ0n) is 11.8. The molecule has 22 heavy (non-hydrogen) atoms. The van der Waals surface area contributed by atoms with Gasteiger partial charge in [0.05, 0.1) is 12.3 Å². The Hall–Kier alpha value is -0.940. The number of sulfonamides is 1. The fourth-order valence-electron chi connectivity index (χ4n) is 1.47. The van der Waals surface area contributed by atoms with Gasteiger partial charge in [-0.1, -0.05) is 21.6 Å². The predicted octanol–water partition coefficient (Wildman–Crippen LogP) is 0.0727. The number of carbonyl (C=O) groups is 1. The Morgan fingerprint density at radius 1 is 1.27 bits per heavy atom. The molecule has 10 heteroatoms. The Morgan fingerprint density at radius 3 is 2.59 bits per heavy atom. The van der Waals surface area contributed by atoms with Gasteiger partial charge in [0.25, 0.3) is 0 Å². The van der Waals surface area contributed by atoms with E-state index in [1.165, 1.54) is 10.8 Å². The molecule has 0 aliphatic rings. The van der Waals surface area contributed by atoms with E-state index in [0.29, 0.717) is 18.8 Å². The van der Waals surface area contributed by atoms with Crippen LogP contribution in [0.3, 0.4) is 0 Å². The van der Waals surface area contributed by atoms with Gasteiger partial charge in [0, 0.05) is 5.75 Å². The maximum absolute atomic E-state index is 12.1. The molecule has 0 unspecified atom stereocenters. The lowest BCUT2D eigenvalue weighted by atomic mass is 10.2. The lowest BCUT2D eigenvalue weighted by molar-refractivity contribution is -0.491. The Bertz CT molecular complexity index is 607. The van der Waals surface area contributed by atoms with Gasteiger partial charge in [-0.25, -0.2) is 9.52 Å². The van der Waals surface area contributed by atoms with Gasteiger partial charge in [-0.2, -0.15) is 8.42 Å². The van der Waals surface area contributed by atoms with Crippen molar-refractivity contribution in [1.29, 1.82) is 0 Å². The third-order valence-electron chi connectivity index (χ3n) is 2.58. The van der Waals surface area contributed by atoms with E-state index in [0.717, 1.165) is 24.3 Å². The lowest BCUT2D eigenvalue weighted by Crippen LogP contribution is -2.87. The molecule has 0 saturated carbocycles. The third kappa shape index (κ3) is 6.05. The van der Waals surface area contributed by atoms with Crippen molar-refractivity contribution in [2.45, 2.75) is 11.3 Å². The van der Waals surface area contributed by atoms with E-state index in [-0.39, 0.29) is 4.90 Å². The van der Waals surface area contributed by atoms with Crippen LogP contribution in [0.5, 0.6) is 5.75 Å². The Morgan fingerprint density at radius 2 is 1.95 bits per heavy atom. The van der Waals surface area contributed by atoms with Crippen LogP contribution in [0.25, 0.3) is 0 Å². The number of aromatic hydroxyl groups is 1. The van der Waals surface area contributed by atoms with Crippen molar-refractivity contribution in [2.24, 2.45) is 5.73 Å². The fourth-order valence-corrected chi connectivity index (χ4v) is 4.86. The fraction of sp³-hybridized carbons (Fsp3) is 0.417. The van der Waals surface area contributed by atoms with Crippen molar-refractivity contribution in [2.75, 3.05) is 24.6 Å². The van der Waals surface area contributed by atoms with Crippen molar-refractivity contribution < 1.29 is 28.1 Å². The molecule has 0 atom stereocenters. The summed E-state index contributed by atoms with van der Waals surface area (Å²) in [5.74, 6) is -0.272. The SMILES string of the molecule is NCCCSSCC[NH2+]S(=O)(=O)c1ccc(O)c(C(=O)O)c1. The van der Waals surface area contributed by atoms with E-state index in [4.69, 9.17) is 10.8 Å². The third-order valence-corrected chi connectivity index (χ3v) is 6.69. The van der Waals surface area contributed by atoms with Crippen LogP contribution < -0.4 is 10.5 Å². The first-order valence-corrected chi connectivity index (χ1v) is 10.5. The minimum absolute atomic E-state index is 0.136. The van der Waals surface area contributed by atoms with Gasteiger partial charge >= 0.3 is 16.0 Å². The molecule has 0 bridgehead atoms. The molecule has 0 amide bonds. The molecule has 1 aromatic rings. The van der Waals surface area contributed by atoms with Crippen LogP contribution >= 0.6 is 21.6 Å². The Kier molecular flexibility index (Phi) is 8.04. The Balaban J connectivity index is 2.56. The van der Waals surface area contributed by atoms with Crippen molar-refractivity contribution in [3.8, 4) is 5.75 Å². The number of hydrogen-bond acceptors (Lipinski definition) is 7. The molecule has 7 nitrogen and oxygen atoms in total. The van der Waals surface area contributed by atoms with Crippen LogP contribution in [0, 0.1) is 0 Å². The van der Waals surface area contributed by atoms with Gasteiger partial charge in [-0.05, 0) is 31.2 Å². The normalized spacial score (nSPS) is 11.5. The first-order valence-electron chi connectivity index (χ1n) is 6.47. The molecule has 0 spiro atoms. The number of aromatic carboxylic acids is 1.